The molecule has 0 aromatic heterocycles. The third kappa shape index (κ3) is 2.04. The second kappa shape index (κ2) is 4.24. The van der Waals surface area contributed by atoms with E-state index in [4.69, 9.17) is 0 Å². The Labute approximate surface area is 83.4 Å². The zero-order chi connectivity index (χ0) is 6.16. The fourth-order valence-electron chi connectivity index (χ4n) is 1.70. The number of hydrogen-bond acceptors (Lipinski definition) is 0. The summed E-state index contributed by atoms with van der Waals surface area (Å²) in [4.78, 5) is 0. The van der Waals surface area contributed by atoms with E-state index in [1.807, 2.05) is 0 Å². The molecule has 1 heteroatoms. The van der Waals surface area contributed by atoms with Crippen molar-refractivity contribution < 1.29 is 20.4 Å². The predicted octanol–water partition coefficient (Wildman–Crippen LogP) is 3.12. The van der Waals surface area contributed by atoms with Gasteiger partial charge in [-0.1, -0.05) is 24.3 Å². The van der Waals surface area contributed by atoms with Crippen LogP contribution >= 0.6 is 0 Å². The molecule has 0 aromatic carbocycles. The van der Waals surface area contributed by atoms with E-state index in [1.165, 1.54) is 25.7 Å². The summed E-state index contributed by atoms with van der Waals surface area (Å²) in [6.45, 7) is 0. The van der Waals surface area contributed by atoms with Gasteiger partial charge in [-0.3, -0.25) is 0 Å². The van der Waals surface area contributed by atoms with Gasteiger partial charge >= 0.3 is 0 Å². The van der Waals surface area contributed by atoms with Gasteiger partial charge in [0.25, 0.3) is 0 Å². The van der Waals surface area contributed by atoms with E-state index in [0.717, 1.165) is 0 Å². The number of allylic oxidation sites excluding steroid dienone is 4. The smallest absolute Gasteiger partial charge is 0 e. The molecule has 0 bridgehead atoms. The van der Waals surface area contributed by atoms with Crippen molar-refractivity contribution in [3.63, 3.8) is 0 Å². The van der Waals surface area contributed by atoms with Crippen molar-refractivity contribution in [3.8, 4) is 0 Å². The van der Waals surface area contributed by atoms with Crippen molar-refractivity contribution >= 4 is 0 Å². The molecule has 0 radical (unpaired) electrons. The van der Waals surface area contributed by atoms with Gasteiger partial charge in [0.1, 0.15) is 0 Å². The molecule has 1 atom stereocenters. The summed E-state index contributed by atoms with van der Waals surface area (Å²) >= 11 is 0. The van der Waals surface area contributed by atoms with E-state index < -0.39 is 0 Å². The molecule has 0 aliphatic heterocycles. The van der Waals surface area contributed by atoms with Crippen LogP contribution in [0, 0.1) is 12.8 Å². The van der Waals surface area contributed by atoms with Crippen LogP contribution in [0.4, 0.5) is 0 Å². The molecule has 0 saturated heterocycles. The standard InChI is InChI=1S/C9H12.CH3.Pd/c1-2-5-9(6-3-1)7-4-8-9;;/h1-2,4,7H,3,5-6,8H2;1H3;/q;-1;. The van der Waals surface area contributed by atoms with Crippen LogP contribution in [0.25, 0.3) is 0 Å². The molecule has 2 aliphatic rings. The average Bonchev–Trinajstić information content (AvgIpc) is 1.87. The van der Waals surface area contributed by atoms with E-state index in [0.29, 0.717) is 5.41 Å². The first kappa shape index (κ1) is 11.1. The molecule has 0 saturated carbocycles. The van der Waals surface area contributed by atoms with E-state index >= 15 is 0 Å². The monoisotopic (exact) mass is 241 g/mol. The minimum atomic E-state index is 0. The zero-order valence-corrected chi connectivity index (χ0v) is 8.51. The molecule has 0 fully saturated rings. The largest absolute Gasteiger partial charge is 0.358 e. The first-order chi connectivity index (χ1) is 4.41. The van der Waals surface area contributed by atoms with Gasteiger partial charge in [-0.25, -0.2) is 0 Å². The molecule has 2 rings (SSSR count). The summed E-state index contributed by atoms with van der Waals surface area (Å²) in [5.74, 6) is 0. The first-order valence-electron chi connectivity index (χ1n) is 3.74. The Bertz CT molecular complexity index is 170. The van der Waals surface area contributed by atoms with E-state index in [-0.39, 0.29) is 27.8 Å². The Kier molecular flexibility index (Phi) is 4.29. The average molecular weight is 242 g/mol. The van der Waals surface area contributed by atoms with Gasteiger partial charge < -0.3 is 7.43 Å². The molecule has 0 N–H and O–H groups in total. The van der Waals surface area contributed by atoms with Gasteiger partial charge in [0.15, 0.2) is 0 Å². The van der Waals surface area contributed by atoms with Crippen molar-refractivity contribution in [2.24, 2.45) is 5.41 Å². The summed E-state index contributed by atoms with van der Waals surface area (Å²) < 4.78 is 0. The maximum Gasteiger partial charge on any atom is 0 e. The van der Waals surface area contributed by atoms with E-state index in [1.54, 1.807) is 0 Å². The number of rotatable bonds is 0. The molecular weight excluding hydrogens is 227 g/mol. The van der Waals surface area contributed by atoms with E-state index in [2.05, 4.69) is 24.3 Å². The molecular formula is C10H15Pd-. The summed E-state index contributed by atoms with van der Waals surface area (Å²) in [7, 11) is 0. The summed E-state index contributed by atoms with van der Waals surface area (Å²) in [5.41, 5.74) is 0.634. The van der Waals surface area contributed by atoms with Crippen molar-refractivity contribution in [2.45, 2.75) is 25.7 Å². The molecule has 0 amide bonds. The Morgan fingerprint density at radius 3 is 1.91 bits per heavy atom. The van der Waals surface area contributed by atoms with Crippen LogP contribution in [0.15, 0.2) is 24.3 Å². The Hall–Kier alpha value is 0.142. The SMILES string of the molecule is C1=CCC2(C=CC2)CC1.[CH3-].[Pd]. The van der Waals surface area contributed by atoms with Crippen molar-refractivity contribution in [1.82, 2.24) is 0 Å². The maximum atomic E-state index is 2.39. The summed E-state index contributed by atoms with van der Waals surface area (Å²) in [5, 5.41) is 0. The van der Waals surface area contributed by atoms with Gasteiger partial charge in [0.05, 0.1) is 0 Å². The van der Waals surface area contributed by atoms with E-state index in [9.17, 15) is 0 Å². The molecule has 0 nitrogen and oxygen atoms in total. The maximum absolute atomic E-state index is 2.39. The minimum Gasteiger partial charge on any atom is -0.358 e. The molecule has 0 aromatic rings. The second-order valence-electron chi connectivity index (χ2n) is 3.18. The molecule has 11 heavy (non-hydrogen) atoms. The van der Waals surface area contributed by atoms with Crippen LogP contribution in [0.5, 0.6) is 0 Å². The van der Waals surface area contributed by atoms with Crippen molar-refractivity contribution in [3.05, 3.63) is 31.7 Å². The van der Waals surface area contributed by atoms with Crippen LogP contribution in [0.1, 0.15) is 25.7 Å². The van der Waals surface area contributed by atoms with Gasteiger partial charge in [0.2, 0.25) is 0 Å². The molecule has 66 valence electrons. The third-order valence-electron chi connectivity index (χ3n) is 2.50. The normalized spacial score (nSPS) is 32.0. The van der Waals surface area contributed by atoms with Crippen molar-refractivity contribution in [1.29, 1.82) is 0 Å². The predicted molar refractivity (Wildman–Crippen MR) is 45.6 cm³/mol. The molecule has 0 heterocycles. The zero-order valence-electron chi connectivity index (χ0n) is 6.95. The summed E-state index contributed by atoms with van der Waals surface area (Å²) in [6, 6.07) is 0. The first-order valence-corrected chi connectivity index (χ1v) is 3.74. The second-order valence-corrected chi connectivity index (χ2v) is 3.18. The van der Waals surface area contributed by atoms with Crippen LogP contribution in [-0.2, 0) is 20.4 Å². The Balaban J connectivity index is 0.000000500. The third-order valence-corrected chi connectivity index (χ3v) is 2.50. The molecule has 1 unspecified atom stereocenters. The fourth-order valence-corrected chi connectivity index (χ4v) is 1.70. The van der Waals surface area contributed by atoms with Crippen LogP contribution in [0.3, 0.4) is 0 Å². The van der Waals surface area contributed by atoms with Gasteiger partial charge in [-0.2, -0.15) is 0 Å². The van der Waals surface area contributed by atoms with Crippen LogP contribution in [0.2, 0.25) is 0 Å². The molecule has 2 aliphatic carbocycles. The Morgan fingerprint density at radius 1 is 1.00 bits per heavy atom. The fraction of sp³-hybridized carbons (Fsp3) is 0.500. The quantitative estimate of drug-likeness (QED) is 0.347. The molecule has 1 spiro atoms. The van der Waals surface area contributed by atoms with Gasteiger partial charge in [-0.05, 0) is 31.1 Å². The topological polar surface area (TPSA) is 0 Å². The van der Waals surface area contributed by atoms with Crippen LogP contribution in [-0.4, -0.2) is 0 Å². The van der Waals surface area contributed by atoms with Gasteiger partial charge in [-0.15, -0.1) is 0 Å². The van der Waals surface area contributed by atoms with Crippen molar-refractivity contribution in [2.75, 3.05) is 0 Å². The van der Waals surface area contributed by atoms with Crippen LogP contribution < -0.4 is 0 Å². The number of hydrogen-bond donors (Lipinski definition) is 0. The summed E-state index contributed by atoms with van der Waals surface area (Å²) in [6.07, 6.45) is 14.6. The Morgan fingerprint density at radius 2 is 1.64 bits per heavy atom. The van der Waals surface area contributed by atoms with Gasteiger partial charge in [0, 0.05) is 20.4 Å². The minimum absolute atomic E-state index is 0.